The zero-order valence-corrected chi connectivity index (χ0v) is 21.0. The Balaban J connectivity index is 1.43. The summed E-state index contributed by atoms with van der Waals surface area (Å²) in [6.45, 7) is 4.89. The van der Waals surface area contributed by atoms with Crippen LogP contribution in [0.3, 0.4) is 0 Å². The number of nitrogens with one attached hydrogen (secondary N) is 2. The summed E-state index contributed by atoms with van der Waals surface area (Å²) in [5.74, 6) is 1.60. The monoisotopic (exact) mass is 497 g/mol. The molecule has 4 rings (SSSR count). The summed E-state index contributed by atoms with van der Waals surface area (Å²) in [5, 5.41) is 6.36. The Morgan fingerprint density at radius 3 is 2.19 bits per heavy atom. The molecular weight excluding hydrogens is 466 g/mol. The maximum Gasteiger partial charge on any atom is 0.241 e. The van der Waals surface area contributed by atoms with E-state index >= 15 is 0 Å². The highest BCUT2D eigenvalue weighted by atomic mass is 16.6. The number of benzene rings is 2. The van der Waals surface area contributed by atoms with Gasteiger partial charge in [-0.3, -0.25) is 0 Å². The molecule has 0 saturated carbocycles. The van der Waals surface area contributed by atoms with Crippen molar-refractivity contribution < 1.29 is 18.9 Å². The second-order valence-corrected chi connectivity index (χ2v) is 8.22. The predicted octanol–water partition coefficient (Wildman–Crippen LogP) is 5.71. The van der Waals surface area contributed by atoms with Crippen LogP contribution in [0.25, 0.3) is 0 Å². The molecule has 2 heterocycles. The molecule has 2 aromatic carbocycles. The molecule has 0 radical (unpaired) electrons. The van der Waals surface area contributed by atoms with Crippen LogP contribution in [-0.2, 0) is 22.7 Å². The Morgan fingerprint density at radius 2 is 1.59 bits per heavy atom. The fraction of sp³-hybridized carbons (Fsp3) is 0.167. The van der Waals surface area contributed by atoms with Gasteiger partial charge in [-0.05, 0) is 29.3 Å². The standard InChI is InChI=1S/C30H31N3O4/c1-23(12-10-11-19-30(35-3)27(34-2)20-31-30)32-26-17-18-28(36-21-24-13-6-4-7-14-24)33-29(26)37-22-25-15-8-5-9-16-25/h4-20,31-32H,1,21-22H2,2-3H3/b12-10-,19-11+/t30-/m1/s1. The van der Waals surface area contributed by atoms with Gasteiger partial charge in [0, 0.05) is 25.1 Å². The van der Waals surface area contributed by atoms with Crippen LogP contribution in [0.5, 0.6) is 11.8 Å². The van der Waals surface area contributed by atoms with Gasteiger partial charge in [0.1, 0.15) is 18.9 Å². The number of anilines is 1. The number of ether oxygens (including phenoxy) is 4. The van der Waals surface area contributed by atoms with Crippen LogP contribution in [-0.4, -0.2) is 24.9 Å². The summed E-state index contributed by atoms with van der Waals surface area (Å²) >= 11 is 0. The minimum absolute atomic E-state index is 0.372. The maximum atomic E-state index is 6.07. The normalized spacial score (nSPS) is 16.5. The van der Waals surface area contributed by atoms with Gasteiger partial charge in [0.2, 0.25) is 17.5 Å². The molecule has 37 heavy (non-hydrogen) atoms. The van der Waals surface area contributed by atoms with Crippen LogP contribution < -0.4 is 20.1 Å². The van der Waals surface area contributed by atoms with Crippen LogP contribution in [0, 0.1) is 0 Å². The number of rotatable bonds is 13. The van der Waals surface area contributed by atoms with E-state index in [1.165, 1.54) is 0 Å². The first kappa shape index (κ1) is 25.6. The third-order valence-electron chi connectivity index (χ3n) is 5.64. The Bertz CT molecular complexity index is 1270. The van der Waals surface area contributed by atoms with E-state index in [1.54, 1.807) is 26.5 Å². The molecule has 1 atom stereocenters. The highest BCUT2D eigenvalue weighted by molar-refractivity contribution is 5.58. The number of hydrogen-bond donors (Lipinski definition) is 2. The molecule has 190 valence electrons. The summed E-state index contributed by atoms with van der Waals surface area (Å²) in [4.78, 5) is 4.60. The fourth-order valence-corrected chi connectivity index (χ4v) is 3.59. The molecule has 1 aromatic heterocycles. The molecule has 3 aromatic rings. The van der Waals surface area contributed by atoms with Crippen molar-refractivity contribution in [2.45, 2.75) is 18.9 Å². The van der Waals surface area contributed by atoms with Crippen molar-refractivity contribution in [3.8, 4) is 11.8 Å². The van der Waals surface area contributed by atoms with Gasteiger partial charge in [-0.15, -0.1) is 0 Å². The second-order valence-electron chi connectivity index (χ2n) is 8.22. The number of pyridine rings is 1. The molecule has 1 aliphatic rings. The Kier molecular flexibility index (Phi) is 8.62. The van der Waals surface area contributed by atoms with Crippen molar-refractivity contribution >= 4 is 5.69 Å². The molecule has 0 unspecified atom stereocenters. The number of hydrogen-bond acceptors (Lipinski definition) is 7. The lowest BCUT2D eigenvalue weighted by molar-refractivity contribution is -0.0222. The van der Waals surface area contributed by atoms with Gasteiger partial charge in [0.05, 0.1) is 7.11 Å². The molecule has 7 nitrogen and oxygen atoms in total. The van der Waals surface area contributed by atoms with E-state index in [0.29, 0.717) is 42.1 Å². The Labute approximate surface area is 217 Å². The lowest BCUT2D eigenvalue weighted by Gasteiger charge is -2.37. The zero-order chi connectivity index (χ0) is 25.9. The molecule has 1 aliphatic heterocycles. The van der Waals surface area contributed by atoms with Crippen molar-refractivity contribution in [1.29, 1.82) is 0 Å². The second kappa shape index (κ2) is 12.5. The third kappa shape index (κ3) is 6.80. The quantitative estimate of drug-likeness (QED) is 0.293. The molecule has 0 amide bonds. The van der Waals surface area contributed by atoms with Gasteiger partial charge >= 0.3 is 0 Å². The first-order valence-corrected chi connectivity index (χ1v) is 11.9. The van der Waals surface area contributed by atoms with Crippen LogP contribution in [0.4, 0.5) is 5.69 Å². The minimum atomic E-state index is -0.744. The largest absolute Gasteiger partial charge is 0.494 e. The average molecular weight is 498 g/mol. The van der Waals surface area contributed by atoms with Crippen molar-refractivity contribution in [1.82, 2.24) is 10.3 Å². The SMILES string of the molecule is C=C(/C=C\C=C\[C@]1(OC)NC=C1OC)Nc1ccc(OCc2ccccc2)nc1OCc1ccccc1. The summed E-state index contributed by atoms with van der Waals surface area (Å²) in [6.07, 6.45) is 9.19. The van der Waals surface area contributed by atoms with Crippen LogP contribution in [0.1, 0.15) is 11.1 Å². The van der Waals surface area contributed by atoms with Crippen LogP contribution in [0.15, 0.2) is 121 Å². The molecule has 2 N–H and O–H groups in total. The first-order valence-electron chi connectivity index (χ1n) is 11.9. The molecule has 7 heteroatoms. The summed E-state index contributed by atoms with van der Waals surface area (Å²) in [7, 11) is 3.23. The number of nitrogens with zero attached hydrogens (tertiary/aromatic N) is 1. The van der Waals surface area contributed by atoms with Crippen molar-refractivity contribution in [3.63, 3.8) is 0 Å². The van der Waals surface area contributed by atoms with Crippen molar-refractivity contribution in [2.24, 2.45) is 0 Å². The van der Waals surface area contributed by atoms with Gasteiger partial charge in [-0.2, -0.15) is 4.98 Å². The van der Waals surface area contributed by atoms with E-state index in [2.05, 4.69) is 22.2 Å². The van der Waals surface area contributed by atoms with Crippen LogP contribution in [0.2, 0.25) is 0 Å². The van der Waals surface area contributed by atoms with Crippen molar-refractivity contribution in [3.05, 3.63) is 132 Å². The highest BCUT2D eigenvalue weighted by Crippen LogP contribution is 2.29. The fourth-order valence-electron chi connectivity index (χ4n) is 3.59. The average Bonchev–Trinajstić information content (AvgIpc) is 2.92. The molecule has 0 saturated heterocycles. The van der Waals surface area contributed by atoms with Gasteiger partial charge in [-0.1, -0.05) is 79.4 Å². The minimum Gasteiger partial charge on any atom is -0.494 e. The lowest BCUT2D eigenvalue weighted by atomic mass is 10.1. The molecule has 0 fully saturated rings. The Hall–Kier alpha value is -4.49. The molecule has 0 bridgehead atoms. The molecule has 0 spiro atoms. The lowest BCUT2D eigenvalue weighted by Crippen LogP contribution is -2.52. The van der Waals surface area contributed by atoms with Gasteiger partial charge in [0.25, 0.3) is 0 Å². The zero-order valence-electron chi connectivity index (χ0n) is 21.0. The van der Waals surface area contributed by atoms with Crippen molar-refractivity contribution in [2.75, 3.05) is 19.5 Å². The smallest absolute Gasteiger partial charge is 0.241 e. The van der Waals surface area contributed by atoms with E-state index in [0.717, 1.165) is 11.1 Å². The van der Waals surface area contributed by atoms with E-state index in [9.17, 15) is 0 Å². The van der Waals surface area contributed by atoms with Gasteiger partial charge in [0.15, 0.2) is 5.76 Å². The maximum absolute atomic E-state index is 6.07. The van der Waals surface area contributed by atoms with Gasteiger partial charge in [-0.25, -0.2) is 0 Å². The third-order valence-corrected chi connectivity index (χ3v) is 5.64. The number of methoxy groups -OCH3 is 2. The highest BCUT2D eigenvalue weighted by Gasteiger charge is 2.38. The van der Waals surface area contributed by atoms with E-state index < -0.39 is 5.72 Å². The molecular formula is C30H31N3O4. The first-order chi connectivity index (χ1) is 18.1. The van der Waals surface area contributed by atoms with Crippen LogP contribution >= 0.6 is 0 Å². The summed E-state index contributed by atoms with van der Waals surface area (Å²) < 4.78 is 22.8. The molecule has 0 aliphatic carbocycles. The summed E-state index contributed by atoms with van der Waals surface area (Å²) in [5.41, 5.74) is 2.69. The van der Waals surface area contributed by atoms with E-state index in [4.69, 9.17) is 18.9 Å². The predicted molar refractivity (Wildman–Crippen MR) is 145 cm³/mol. The number of allylic oxidation sites excluding steroid dienone is 3. The van der Waals surface area contributed by atoms with E-state index in [-0.39, 0.29) is 0 Å². The van der Waals surface area contributed by atoms with Gasteiger partial charge < -0.3 is 29.6 Å². The summed E-state index contributed by atoms with van der Waals surface area (Å²) in [6, 6.07) is 23.6. The number of aromatic nitrogens is 1. The van der Waals surface area contributed by atoms with E-state index in [1.807, 2.05) is 91.0 Å². The topological polar surface area (TPSA) is 73.9 Å². The Morgan fingerprint density at radius 1 is 0.919 bits per heavy atom.